The number of nitrogens with one attached hydrogen (secondary N) is 1. The van der Waals surface area contributed by atoms with Crippen LogP contribution in [0.5, 0.6) is 0 Å². The Morgan fingerprint density at radius 1 is 1.29 bits per heavy atom. The number of carbonyl (C=O) groups excluding carboxylic acids is 1. The van der Waals surface area contributed by atoms with E-state index in [4.69, 9.17) is 4.52 Å². The molecule has 1 amide bonds. The van der Waals surface area contributed by atoms with Crippen LogP contribution in [0, 0.1) is 13.8 Å². The maximum atomic E-state index is 12.5. The number of hydrogen-bond acceptors (Lipinski definition) is 6. The van der Waals surface area contributed by atoms with Crippen molar-refractivity contribution in [2.24, 2.45) is 7.05 Å². The lowest BCUT2D eigenvalue weighted by atomic mass is 9.96. The average Bonchev–Trinajstić information content (AvgIpc) is 2.95. The second kappa shape index (κ2) is 6.18. The third-order valence-corrected chi connectivity index (χ3v) is 3.78. The Balaban J connectivity index is 2.27. The average molecular weight is 333 g/mol. The van der Waals surface area contributed by atoms with E-state index in [1.807, 2.05) is 20.8 Å². The van der Waals surface area contributed by atoms with Gasteiger partial charge in [-0.15, -0.1) is 0 Å². The highest BCUT2D eigenvalue weighted by molar-refractivity contribution is 5.95. The standard InChI is InChI=1S/C16H23N5O3/c1-8-9(2)19-21(7)14(23)11(8)12(22)17-10(3)13-18-15(20-24-13)16(4,5)6/h10H,1-7H3,(H,17,22)/t10-/m1/s1. The highest BCUT2D eigenvalue weighted by Gasteiger charge is 2.25. The molecule has 0 aliphatic heterocycles. The molecule has 0 saturated heterocycles. The summed E-state index contributed by atoms with van der Waals surface area (Å²) in [6.45, 7) is 11.1. The lowest BCUT2D eigenvalue weighted by molar-refractivity contribution is 0.0929. The number of hydrogen-bond donors (Lipinski definition) is 1. The number of aryl methyl sites for hydroxylation is 2. The molecule has 2 aromatic heterocycles. The highest BCUT2D eigenvalue weighted by Crippen LogP contribution is 2.21. The van der Waals surface area contributed by atoms with Gasteiger partial charge in [-0.3, -0.25) is 9.59 Å². The zero-order valence-electron chi connectivity index (χ0n) is 15.1. The second-order valence-corrected chi connectivity index (χ2v) is 6.92. The first-order valence-electron chi connectivity index (χ1n) is 7.71. The van der Waals surface area contributed by atoms with Crippen molar-refractivity contribution in [1.82, 2.24) is 25.2 Å². The van der Waals surface area contributed by atoms with Crippen molar-refractivity contribution in [3.8, 4) is 0 Å². The van der Waals surface area contributed by atoms with Gasteiger partial charge < -0.3 is 9.84 Å². The number of nitrogens with zero attached hydrogens (tertiary/aromatic N) is 4. The van der Waals surface area contributed by atoms with Gasteiger partial charge in [-0.05, 0) is 26.3 Å². The summed E-state index contributed by atoms with van der Waals surface area (Å²) < 4.78 is 6.39. The molecule has 2 aromatic rings. The summed E-state index contributed by atoms with van der Waals surface area (Å²) in [6.07, 6.45) is 0. The molecule has 2 rings (SSSR count). The minimum atomic E-state index is -0.515. The van der Waals surface area contributed by atoms with Crippen LogP contribution in [0.4, 0.5) is 0 Å². The van der Waals surface area contributed by atoms with Crippen LogP contribution in [0.2, 0.25) is 0 Å². The lowest BCUT2D eigenvalue weighted by Crippen LogP contribution is -2.36. The van der Waals surface area contributed by atoms with Gasteiger partial charge in [0.15, 0.2) is 5.82 Å². The number of amides is 1. The number of aromatic nitrogens is 4. The minimum absolute atomic E-state index is 0.0763. The van der Waals surface area contributed by atoms with Gasteiger partial charge >= 0.3 is 0 Å². The van der Waals surface area contributed by atoms with Crippen molar-refractivity contribution in [1.29, 1.82) is 0 Å². The largest absolute Gasteiger partial charge is 0.340 e. The Labute approximate surface area is 140 Å². The summed E-state index contributed by atoms with van der Waals surface area (Å²) in [5.74, 6) is 0.376. The molecule has 0 unspecified atom stereocenters. The molecule has 1 atom stereocenters. The predicted octanol–water partition coefficient (Wildman–Crippen LogP) is 1.57. The summed E-state index contributed by atoms with van der Waals surface area (Å²) in [4.78, 5) is 29.1. The van der Waals surface area contributed by atoms with E-state index in [1.165, 1.54) is 7.05 Å². The molecule has 0 aromatic carbocycles. The van der Waals surface area contributed by atoms with Crippen molar-refractivity contribution in [2.75, 3.05) is 0 Å². The van der Waals surface area contributed by atoms with E-state index in [-0.39, 0.29) is 11.0 Å². The van der Waals surface area contributed by atoms with Crippen LogP contribution in [0.3, 0.4) is 0 Å². The van der Waals surface area contributed by atoms with E-state index in [9.17, 15) is 9.59 Å². The molecule has 8 nitrogen and oxygen atoms in total. The molecular weight excluding hydrogens is 310 g/mol. The van der Waals surface area contributed by atoms with Crippen LogP contribution in [0.25, 0.3) is 0 Å². The van der Waals surface area contributed by atoms with Gasteiger partial charge in [-0.2, -0.15) is 10.1 Å². The zero-order chi connectivity index (χ0) is 18.2. The zero-order valence-corrected chi connectivity index (χ0v) is 15.1. The summed E-state index contributed by atoms with van der Waals surface area (Å²) >= 11 is 0. The van der Waals surface area contributed by atoms with E-state index in [0.717, 1.165) is 4.68 Å². The fraction of sp³-hybridized carbons (Fsp3) is 0.562. The Hall–Kier alpha value is -2.51. The molecule has 24 heavy (non-hydrogen) atoms. The van der Waals surface area contributed by atoms with Crippen LogP contribution >= 0.6 is 0 Å². The van der Waals surface area contributed by atoms with E-state index >= 15 is 0 Å². The van der Waals surface area contributed by atoms with Crippen LogP contribution < -0.4 is 10.9 Å². The van der Waals surface area contributed by atoms with Crippen molar-refractivity contribution >= 4 is 5.91 Å². The quantitative estimate of drug-likeness (QED) is 0.914. The predicted molar refractivity (Wildman–Crippen MR) is 87.8 cm³/mol. The number of carbonyl (C=O) groups is 1. The van der Waals surface area contributed by atoms with E-state index in [0.29, 0.717) is 23.0 Å². The molecule has 0 aliphatic carbocycles. The van der Waals surface area contributed by atoms with Crippen molar-refractivity contribution in [2.45, 2.75) is 53.0 Å². The molecule has 0 spiro atoms. The molecule has 0 bridgehead atoms. The maximum Gasteiger partial charge on any atom is 0.279 e. The third kappa shape index (κ3) is 3.37. The van der Waals surface area contributed by atoms with Gasteiger partial charge in [0.2, 0.25) is 5.89 Å². The Morgan fingerprint density at radius 2 is 1.92 bits per heavy atom. The molecular formula is C16H23N5O3. The summed E-state index contributed by atoms with van der Waals surface area (Å²) in [7, 11) is 1.52. The van der Waals surface area contributed by atoms with Gasteiger partial charge in [-0.1, -0.05) is 25.9 Å². The first-order chi connectivity index (χ1) is 11.0. The lowest BCUT2D eigenvalue weighted by Gasteiger charge is -2.13. The van der Waals surface area contributed by atoms with Crippen LogP contribution in [0.1, 0.15) is 67.1 Å². The Kier molecular flexibility index (Phi) is 4.59. The minimum Gasteiger partial charge on any atom is -0.340 e. The summed E-state index contributed by atoms with van der Waals surface area (Å²) in [6, 6.07) is -0.515. The van der Waals surface area contributed by atoms with Crippen molar-refractivity contribution in [3.63, 3.8) is 0 Å². The maximum absolute atomic E-state index is 12.5. The van der Waals surface area contributed by atoms with Crippen LogP contribution in [0.15, 0.2) is 9.32 Å². The number of rotatable bonds is 3. The first-order valence-corrected chi connectivity index (χ1v) is 7.71. The molecule has 0 fully saturated rings. The fourth-order valence-corrected chi connectivity index (χ4v) is 2.16. The van der Waals surface area contributed by atoms with Crippen LogP contribution in [-0.4, -0.2) is 25.8 Å². The third-order valence-electron chi connectivity index (χ3n) is 3.78. The molecule has 2 heterocycles. The van der Waals surface area contributed by atoms with Gasteiger partial charge in [0.05, 0.1) is 5.69 Å². The SMILES string of the molecule is Cc1nn(C)c(=O)c(C(=O)N[C@H](C)c2nc(C(C)(C)C)no2)c1C. The molecule has 0 radical (unpaired) electrons. The molecule has 0 aliphatic rings. The van der Waals surface area contributed by atoms with Gasteiger partial charge in [-0.25, -0.2) is 4.68 Å². The summed E-state index contributed by atoms with van der Waals surface area (Å²) in [5, 5.41) is 10.7. The van der Waals surface area contributed by atoms with Gasteiger partial charge in [0.1, 0.15) is 11.6 Å². The highest BCUT2D eigenvalue weighted by atomic mass is 16.5. The smallest absolute Gasteiger partial charge is 0.279 e. The second-order valence-electron chi connectivity index (χ2n) is 6.92. The monoisotopic (exact) mass is 333 g/mol. The van der Waals surface area contributed by atoms with Crippen molar-refractivity contribution in [3.05, 3.63) is 38.9 Å². The van der Waals surface area contributed by atoms with Crippen molar-refractivity contribution < 1.29 is 9.32 Å². The topological polar surface area (TPSA) is 103 Å². The first kappa shape index (κ1) is 17.8. The van der Waals surface area contributed by atoms with E-state index in [2.05, 4.69) is 20.6 Å². The van der Waals surface area contributed by atoms with Gasteiger partial charge in [0.25, 0.3) is 11.5 Å². The van der Waals surface area contributed by atoms with E-state index < -0.39 is 17.5 Å². The normalized spacial score (nSPS) is 13.0. The Bertz CT molecular complexity index is 829. The molecule has 0 saturated carbocycles. The molecule has 130 valence electrons. The fourth-order valence-electron chi connectivity index (χ4n) is 2.16. The van der Waals surface area contributed by atoms with Crippen LogP contribution in [-0.2, 0) is 12.5 Å². The molecule has 8 heteroatoms. The molecule has 1 N–H and O–H groups in total. The van der Waals surface area contributed by atoms with Gasteiger partial charge in [0, 0.05) is 12.5 Å². The van der Waals surface area contributed by atoms with E-state index in [1.54, 1.807) is 20.8 Å². The Morgan fingerprint density at radius 3 is 2.46 bits per heavy atom. The summed E-state index contributed by atoms with van der Waals surface area (Å²) in [5.41, 5.74) is 0.572.